The summed E-state index contributed by atoms with van der Waals surface area (Å²) < 4.78 is 34.1. The third kappa shape index (κ3) is 7.60. The van der Waals surface area contributed by atoms with E-state index in [-0.39, 0.29) is 23.0 Å². The average molecular weight is 552 g/mol. The summed E-state index contributed by atoms with van der Waals surface area (Å²) in [5.74, 6) is -0.299. The van der Waals surface area contributed by atoms with Gasteiger partial charge in [0.1, 0.15) is 18.3 Å². The van der Waals surface area contributed by atoms with Crippen LogP contribution in [0.3, 0.4) is 0 Å². The molecule has 0 radical (unpaired) electrons. The van der Waals surface area contributed by atoms with Crippen molar-refractivity contribution < 1.29 is 22.7 Å². The van der Waals surface area contributed by atoms with Gasteiger partial charge in [0, 0.05) is 19.2 Å². The Balaban J connectivity index is 2.06. The van der Waals surface area contributed by atoms with Gasteiger partial charge in [-0.25, -0.2) is 8.42 Å². The van der Waals surface area contributed by atoms with E-state index in [1.54, 1.807) is 42.5 Å². The molecule has 0 unspecified atom stereocenters. The predicted octanol–water partition coefficient (Wildman–Crippen LogP) is 4.53. The van der Waals surface area contributed by atoms with Crippen molar-refractivity contribution in [2.24, 2.45) is 0 Å². The number of carbonyl (C=O) groups is 2. The predicted molar refractivity (Wildman–Crippen MR) is 153 cm³/mol. The van der Waals surface area contributed by atoms with E-state index in [2.05, 4.69) is 5.32 Å². The quantitative estimate of drug-likeness (QED) is 0.337. The second-order valence-electron chi connectivity index (χ2n) is 9.25. The first kappa shape index (κ1) is 29.7. The highest BCUT2D eigenvalue weighted by atomic mass is 32.2. The molecule has 3 rings (SSSR count). The number of methoxy groups -OCH3 is 1. The molecule has 0 saturated carbocycles. The Morgan fingerprint density at radius 1 is 0.949 bits per heavy atom. The maximum absolute atomic E-state index is 14.0. The van der Waals surface area contributed by atoms with Crippen LogP contribution in [0.5, 0.6) is 5.75 Å². The molecule has 1 N–H and O–H groups in total. The van der Waals surface area contributed by atoms with Gasteiger partial charge in [-0.3, -0.25) is 13.9 Å². The highest BCUT2D eigenvalue weighted by Gasteiger charge is 2.33. The van der Waals surface area contributed by atoms with Crippen molar-refractivity contribution in [2.45, 2.75) is 51.1 Å². The molecule has 0 saturated heterocycles. The minimum atomic E-state index is -4.12. The minimum Gasteiger partial charge on any atom is -0.497 e. The van der Waals surface area contributed by atoms with Crippen LogP contribution in [0.4, 0.5) is 5.69 Å². The third-order valence-corrected chi connectivity index (χ3v) is 8.11. The first-order valence-corrected chi connectivity index (χ1v) is 14.5. The molecule has 0 fully saturated rings. The van der Waals surface area contributed by atoms with Gasteiger partial charge in [-0.1, -0.05) is 67.9 Å². The van der Waals surface area contributed by atoms with Gasteiger partial charge in [-0.15, -0.1) is 0 Å². The van der Waals surface area contributed by atoms with Gasteiger partial charge in [0.2, 0.25) is 11.8 Å². The van der Waals surface area contributed by atoms with Crippen LogP contribution in [0.15, 0.2) is 83.8 Å². The van der Waals surface area contributed by atoms with E-state index in [9.17, 15) is 18.0 Å². The van der Waals surface area contributed by atoms with Gasteiger partial charge in [0.05, 0.1) is 17.7 Å². The molecule has 9 heteroatoms. The fourth-order valence-electron chi connectivity index (χ4n) is 4.31. The maximum Gasteiger partial charge on any atom is 0.264 e. The first-order valence-electron chi connectivity index (χ1n) is 13.1. The molecule has 3 aromatic carbocycles. The van der Waals surface area contributed by atoms with E-state index >= 15 is 0 Å². The van der Waals surface area contributed by atoms with Crippen molar-refractivity contribution in [3.05, 3.63) is 90.0 Å². The first-order chi connectivity index (χ1) is 18.7. The van der Waals surface area contributed by atoms with E-state index in [1.165, 1.54) is 24.1 Å². The Morgan fingerprint density at radius 3 is 2.31 bits per heavy atom. The number of benzene rings is 3. The van der Waals surface area contributed by atoms with E-state index in [1.807, 2.05) is 45.0 Å². The highest BCUT2D eigenvalue weighted by molar-refractivity contribution is 7.92. The number of carbonyl (C=O) groups excluding carboxylic acids is 2. The number of rotatable bonds is 13. The van der Waals surface area contributed by atoms with Crippen LogP contribution < -0.4 is 14.4 Å². The van der Waals surface area contributed by atoms with Crippen LogP contribution in [0.25, 0.3) is 0 Å². The monoisotopic (exact) mass is 551 g/mol. The van der Waals surface area contributed by atoms with Crippen LogP contribution in [0.1, 0.15) is 37.8 Å². The van der Waals surface area contributed by atoms with Crippen molar-refractivity contribution in [1.82, 2.24) is 10.2 Å². The van der Waals surface area contributed by atoms with Gasteiger partial charge in [-0.2, -0.15) is 0 Å². The van der Waals surface area contributed by atoms with Gasteiger partial charge in [0.15, 0.2) is 0 Å². The lowest BCUT2D eigenvalue weighted by atomic mass is 10.1. The zero-order chi connectivity index (χ0) is 28.4. The number of nitrogens with zero attached hydrogens (tertiary/aromatic N) is 2. The number of ether oxygens (including phenoxy) is 1. The van der Waals surface area contributed by atoms with Gasteiger partial charge in [-0.05, 0) is 49.6 Å². The molecular formula is C30H37N3O5S. The number of aryl methyl sites for hydroxylation is 1. The number of nitrogens with one attached hydrogen (secondary N) is 1. The molecule has 0 spiro atoms. The lowest BCUT2D eigenvalue weighted by molar-refractivity contribution is -0.140. The largest absolute Gasteiger partial charge is 0.497 e. The van der Waals surface area contributed by atoms with Crippen LogP contribution >= 0.6 is 0 Å². The van der Waals surface area contributed by atoms with Gasteiger partial charge < -0.3 is 15.0 Å². The average Bonchev–Trinajstić information content (AvgIpc) is 2.95. The van der Waals surface area contributed by atoms with Crippen molar-refractivity contribution in [1.29, 1.82) is 0 Å². The van der Waals surface area contributed by atoms with Crippen LogP contribution in [-0.4, -0.2) is 51.4 Å². The van der Waals surface area contributed by atoms with E-state index in [0.717, 1.165) is 21.9 Å². The normalized spacial score (nSPS) is 11.9. The fourth-order valence-corrected chi connectivity index (χ4v) is 5.73. The lowest BCUT2D eigenvalue weighted by Crippen LogP contribution is -2.52. The maximum atomic E-state index is 14.0. The Hall–Kier alpha value is -3.85. The van der Waals surface area contributed by atoms with Gasteiger partial charge >= 0.3 is 0 Å². The van der Waals surface area contributed by atoms with E-state index in [4.69, 9.17) is 4.74 Å². The SMILES string of the molecule is CCCNC(=O)[C@H](CC)N(Cc1cccc(C)c1)C(=O)CN(c1cccc(OC)c1)S(=O)(=O)c1ccccc1. The summed E-state index contributed by atoms with van der Waals surface area (Å²) in [4.78, 5) is 28.7. The number of hydrogen-bond acceptors (Lipinski definition) is 5. The molecule has 0 aliphatic rings. The van der Waals surface area contributed by atoms with E-state index in [0.29, 0.717) is 18.7 Å². The zero-order valence-corrected chi connectivity index (χ0v) is 23.8. The summed E-state index contributed by atoms with van der Waals surface area (Å²) in [6.07, 6.45) is 1.13. The highest BCUT2D eigenvalue weighted by Crippen LogP contribution is 2.27. The van der Waals surface area contributed by atoms with Crippen molar-refractivity contribution in [2.75, 3.05) is 24.5 Å². The molecule has 8 nitrogen and oxygen atoms in total. The zero-order valence-electron chi connectivity index (χ0n) is 23.0. The molecule has 3 aromatic rings. The molecule has 0 aromatic heterocycles. The Labute approximate surface area is 231 Å². The summed E-state index contributed by atoms with van der Waals surface area (Å²) in [7, 11) is -2.63. The Morgan fingerprint density at radius 2 is 1.67 bits per heavy atom. The fraction of sp³-hybridized carbons (Fsp3) is 0.333. The molecular weight excluding hydrogens is 514 g/mol. The summed E-state index contributed by atoms with van der Waals surface area (Å²) in [6.45, 7) is 5.91. The summed E-state index contributed by atoms with van der Waals surface area (Å²) in [5.41, 5.74) is 2.16. The third-order valence-electron chi connectivity index (χ3n) is 6.32. The molecule has 39 heavy (non-hydrogen) atoms. The molecule has 0 heterocycles. The van der Waals surface area contributed by atoms with Crippen molar-refractivity contribution in [3.8, 4) is 5.75 Å². The second-order valence-corrected chi connectivity index (χ2v) is 11.1. The minimum absolute atomic E-state index is 0.0542. The summed E-state index contributed by atoms with van der Waals surface area (Å²) in [6, 6.07) is 21.5. The Bertz CT molecular complexity index is 1360. The van der Waals surface area contributed by atoms with Crippen LogP contribution in [-0.2, 0) is 26.2 Å². The number of sulfonamides is 1. The van der Waals surface area contributed by atoms with Crippen LogP contribution in [0.2, 0.25) is 0 Å². The van der Waals surface area contributed by atoms with Crippen molar-refractivity contribution >= 4 is 27.5 Å². The molecule has 2 amide bonds. The van der Waals surface area contributed by atoms with Crippen molar-refractivity contribution in [3.63, 3.8) is 0 Å². The molecule has 0 aliphatic heterocycles. The lowest BCUT2D eigenvalue weighted by Gasteiger charge is -2.33. The molecule has 1 atom stereocenters. The number of anilines is 1. The molecule has 208 valence electrons. The second kappa shape index (κ2) is 13.8. The molecule has 0 aliphatic carbocycles. The van der Waals surface area contributed by atoms with Crippen LogP contribution in [0, 0.1) is 6.92 Å². The van der Waals surface area contributed by atoms with Gasteiger partial charge in [0.25, 0.3) is 10.0 Å². The topological polar surface area (TPSA) is 96.0 Å². The standard InChI is InChI=1S/C30H37N3O5S/c1-5-18-31-30(35)28(6-2)32(21-24-13-10-12-23(3)19-24)29(34)22-33(25-14-11-15-26(20-25)38-4)39(36,37)27-16-8-7-9-17-27/h7-17,19-20,28H,5-6,18,21-22H2,1-4H3,(H,31,35)/t28-/m0/s1. The number of amides is 2. The smallest absolute Gasteiger partial charge is 0.264 e. The Kier molecular flexibility index (Phi) is 10.5. The summed E-state index contributed by atoms with van der Waals surface area (Å²) >= 11 is 0. The number of hydrogen-bond donors (Lipinski definition) is 1. The summed E-state index contributed by atoms with van der Waals surface area (Å²) in [5, 5.41) is 2.89. The molecule has 0 bridgehead atoms. The van der Waals surface area contributed by atoms with E-state index < -0.39 is 28.5 Å².